The summed E-state index contributed by atoms with van der Waals surface area (Å²) in [4.78, 5) is 25.1. The van der Waals surface area contributed by atoms with Crippen molar-refractivity contribution in [3.05, 3.63) is 34.6 Å². The maximum Gasteiger partial charge on any atom is 0.243 e. The Morgan fingerprint density at radius 1 is 1.55 bits per heavy atom. The van der Waals surface area contributed by atoms with Crippen molar-refractivity contribution >= 4 is 23.4 Å². The lowest BCUT2D eigenvalue weighted by molar-refractivity contribution is -0.142. The van der Waals surface area contributed by atoms with E-state index in [4.69, 9.17) is 11.6 Å². The molecule has 1 aliphatic rings. The van der Waals surface area contributed by atoms with Crippen LogP contribution < -0.4 is 5.32 Å². The largest absolute Gasteiger partial charge is 0.350 e. The number of likely N-dealkylation sites (tertiary alicyclic amines) is 1. The van der Waals surface area contributed by atoms with Crippen LogP contribution in [0.1, 0.15) is 24.8 Å². The van der Waals surface area contributed by atoms with Gasteiger partial charge in [0.25, 0.3) is 0 Å². The van der Waals surface area contributed by atoms with Crippen LogP contribution in [-0.2, 0) is 16.1 Å². The molecule has 2 rings (SSSR count). The summed E-state index contributed by atoms with van der Waals surface area (Å²) in [6.45, 7) is 0.214. The van der Waals surface area contributed by atoms with Gasteiger partial charge in [-0.3, -0.25) is 9.59 Å². The Labute approximate surface area is 121 Å². The Bertz CT molecular complexity index is 536. The molecule has 0 saturated carbocycles. The van der Waals surface area contributed by atoms with Crippen molar-refractivity contribution in [3.63, 3.8) is 0 Å². The summed E-state index contributed by atoms with van der Waals surface area (Å²) in [5, 5.41) is 2.78. The molecule has 6 heteroatoms. The van der Waals surface area contributed by atoms with E-state index < -0.39 is 11.9 Å². The number of carbonyl (C=O) groups is 2. The number of halogens is 2. The van der Waals surface area contributed by atoms with E-state index >= 15 is 0 Å². The number of hydrogen-bond donors (Lipinski definition) is 1. The van der Waals surface area contributed by atoms with Gasteiger partial charge in [0.05, 0.1) is 5.02 Å². The van der Waals surface area contributed by atoms with Gasteiger partial charge in [-0.1, -0.05) is 17.7 Å². The predicted octanol–water partition coefficient (Wildman–Crippen LogP) is 2.11. The minimum atomic E-state index is -0.511. The second-order valence-corrected chi connectivity index (χ2v) is 5.29. The van der Waals surface area contributed by atoms with E-state index in [9.17, 15) is 14.0 Å². The number of hydrogen-bond acceptors (Lipinski definition) is 2. The fourth-order valence-corrected chi connectivity index (χ4v) is 2.37. The first kappa shape index (κ1) is 14.8. The summed E-state index contributed by atoms with van der Waals surface area (Å²) in [6, 6.07) is 3.96. The van der Waals surface area contributed by atoms with Gasteiger partial charge in [0.15, 0.2) is 0 Å². The van der Waals surface area contributed by atoms with Crippen LogP contribution in [0.5, 0.6) is 0 Å². The summed E-state index contributed by atoms with van der Waals surface area (Å²) in [7, 11) is 1.63. The highest BCUT2D eigenvalue weighted by molar-refractivity contribution is 6.30. The second-order valence-electron chi connectivity index (χ2n) is 4.88. The summed E-state index contributed by atoms with van der Waals surface area (Å²) >= 11 is 5.59. The maximum absolute atomic E-state index is 13.3. The van der Waals surface area contributed by atoms with Crippen LogP contribution in [0.25, 0.3) is 0 Å². The summed E-state index contributed by atoms with van der Waals surface area (Å²) in [5.41, 5.74) is 0.630. The molecule has 1 fully saturated rings. The zero-order valence-electron chi connectivity index (χ0n) is 11.2. The lowest BCUT2D eigenvalue weighted by Crippen LogP contribution is -2.49. The number of benzene rings is 1. The average molecular weight is 299 g/mol. The molecule has 2 amide bonds. The molecule has 0 radical (unpaired) electrons. The van der Waals surface area contributed by atoms with Crippen molar-refractivity contribution in [2.24, 2.45) is 0 Å². The zero-order valence-corrected chi connectivity index (χ0v) is 11.9. The van der Waals surface area contributed by atoms with Gasteiger partial charge >= 0.3 is 0 Å². The van der Waals surface area contributed by atoms with Crippen molar-refractivity contribution in [3.8, 4) is 0 Å². The van der Waals surface area contributed by atoms with Crippen LogP contribution in [0.2, 0.25) is 5.02 Å². The van der Waals surface area contributed by atoms with Gasteiger partial charge in [-0.05, 0) is 30.5 Å². The van der Waals surface area contributed by atoms with Crippen molar-refractivity contribution < 1.29 is 14.0 Å². The van der Waals surface area contributed by atoms with E-state index in [0.29, 0.717) is 18.4 Å². The Morgan fingerprint density at radius 3 is 3.00 bits per heavy atom. The molecule has 1 aromatic rings. The number of rotatable bonds is 3. The molecule has 1 aliphatic heterocycles. The fraction of sp³-hybridized carbons (Fsp3) is 0.429. The summed E-state index contributed by atoms with van der Waals surface area (Å²) in [6.07, 6.45) is 1.86. The molecule has 108 valence electrons. The van der Waals surface area contributed by atoms with E-state index in [1.54, 1.807) is 13.1 Å². The summed E-state index contributed by atoms with van der Waals surface area (Å²) < 4.78 is 13.3. The topological polar surface area (TPSA) is 49.4 Å². The van der Waals surface area contributed by atoms with Gasteiger partial charge in [0.2, 0.25) is 11.8 Å². The SMILES string of the molecule is CN1C(=O)CCCC1C(=O)NCc1ccc(Cl)c(F)c1. The molecule has 1 saturated heterocycles. The minimum Gasteiger partial charge on any atom is -0.350 e. The molecule has 0 bridgehead atoms. The Kier molecular flexibility index (Phi) is 4.60. The molecule has 0 spiro atoms. The standard InChI is InChI=1S/C14H16ClFN2O2/c1-18-12(3-2-4-13(18)19)14(20)17-8-9-5-6-10(15)11(16)7-9/h5-7,12H,2-4,8H2,1H3,(H,17,20). The number of likely N-dealkylation sites (N-methyl/N-ethyl adjacent to an activating group) is 1. The lowest BCUT2D eigenvalue weighted by atomic mass is 10.0. The predicted molar refractivity (Wildman–Crippen MR) is 73.7 cm³/mol. The van der Waals surface area contributed by atoms with Crippen LogP contribution in [0, 0.1) is 5.82 Å². The molecule has 4 nitrogen and oxygen atoms in total. The highest BCUT2D eigenvalue weighted by Crippen LogP contribution is 2.17. The Morgan fingerprint density at radius 2 is 2.30 bits per heavy atom. The number of amides is 2. The zero-order chi connectivity index (χ0) is 14.7. The fourth-order valence-electron chi connectivity index (χ4n) is 2.25. The van der Waals surface area contributed by atoms with Crippen LogP contribution in [0.3, 0.4) is 0 Å². The molecule has 1 aromatic carbocycles. The summed E-state index contributed by atoms with van der Waals surface area (Å²) in [5.74, 6) is -0.742. The normalized spacial score (nSPS) is 19.1. The van der Waals surface area contributed by atoms with Crippen LogP contribution in [-0.4, -0.2) is 29.8 Å². The van der Waals surface area contributed by atoms with Crippen molar-refractivity contribution in [2.45, 2.75) is 31.8 Å². The van der Waals surface area contributed by atoms with E-state index in [1.165, 1.54) is 17.0 Å². The van der Waals surface area contributed by atoms with Gasteiger partial charge in [0, 0.05) is 20.0 Å². The molecule has 0 aromatic heterocycles. The number of nitrogens with zero attached hydrogens (tertiary/aromatic N) is 1. The molecule has 1 N–H and O–H groups in total. The van der Waals surface area contributed by atoms with Crippen molar-refractivity contribution in [1.82, 2.24) is 10.2 Å². The molecule has 1 unspecified atom stereocenters. The minimum absolute atomic E-state index is 0.0195. The van der Waals surface area contributed by atoms with Crippen LogP contribution in [0.4, 0.5) is 4.39 Å². The van der Waals surface area contributed by atoms with Gasteiger partial charge in [-0.25, -0.2) is 4.39 Å². The van der Waals surface area contributed by atoms with Gasteiger partial charge < -0.3 is 10.2 Å². The highest BCUT2D eigenvalue weighted by Gasteiger charge is 2.30. The number of piperidine rings is 1. The third-order valence-electron chi connectivity index (χ3n) is 3.48. The first-order chi connectivity index (χ1) is 9.49. The van der Waals surface area contributed by atoms with Crippen molar-refractivity contribution in [1.29, 1.82) is 0 Å². The Balaban J connectivity index is 1.94. The molecule has 1 heterocycles. The average Bonchev–Trinajstić information content (AvgIpc) is 2.43. The maximum atomic E-state index is 13.3. The van der Waals surface area contributed by atoms with Gasteiger partial charge in [-0.15, -0.1) is 0 Å². The van der Waals surface area contributed by atoms with Crippen LogP contribution in [0.15, 0.2) is 18.2 Å². The first-order valence-electron chi connectivity index (χ1n) is 6.46. The quantitative estimate of drug-likeness (QED) is 0.929. The third-order valence-corrected chi connectivity index (χ3v) is 3.79. The monoisotopic (exact) mass is 298 g/mol. The molecule has 0 aliphatic carbocycles. The molecular weight excluding hydrogens is 283 g/mol. The Hall–Kier alpha value is -1.62. The van der Waals surface area contributed by atoms with E-state index in [2.05, 4.69) is 5.32 Å². The third kappa shape index (κ3) is 3.28. The second kappa shape index (κ2) is 6.22. The smallest absolute Gasteiger partial charge is 0.243 e. The lowest BCUT2D eigenvalue weighted by Gasteiger charge is -2.31. The van der Waals surface area contributed by atoms with E-state index in [0.717, 1.165) is 6.42 Å². The molecule has 20 heavy (non-hydrogen) atoms. The first-order valence-corrected chi connectivity index (χ1v) is 6.84. The number of nitrogens with one attached hydrogen (secondary N) is 1. The van der Waals surface area contributed by atoms with Gasteiger partial charge in [-0.2, -0.15) is 0 Å². The highest BCUT2D eigenvalue weighted by atomic mass is 35.5. The van der Waals surface area contributed by atoms with Gasteiger partial charge in [0.1, 0.15) is 11.9 Å². The van der Waals surface area contributed by atoms with Crippen molar-refractivity contribution in [2.75, 3.05) is 7.05 Å². The van der Waals surface area contributed by atoms with E-state index in [1.807, 2.05) is 0 Å². The molecular formula is C14H16ClFN2O2. The molecule has 1 atom stereocenters. The number of carbonyl (C=O) groups excluding carboxylic acids is 2. The van der Waals surface area contributed by atoms with E-state index in [-0.39, 0.29) is 23.4 Å². The van der Waals surface area contributed by atoms with Crippen LogP contribution >= 0.6 is 11.6 Å².